The monoisotopic (exact) mass is 186 g/mol. The highest BCUT2D eigenvalue weighted by molar-refractivity contribution is 5.84. The van der Waals surface area contributed by atoms with E-state index in [0.717, 1.165) is 0 Å². The van der Waals surface area contributed by atoms with Crippen molar-refractivity contribution >= 4 is 5.78 Å². The zero-order chi connectivity index (χ0) is 10.1. The predicted molar refractivity (Wildman–Crippen MR) is 49.4 cm³/mol. The van der Waals surface area contributed by atoms with Crippen LogP contribution in [-0.2, 0) is 14.3 Å². The van der Waals surface area contributed by atoms with Crippen molar-refractivity contribution in [1.82, 2.24) is 0 Å². The Balaban J connectivity index is 2.53. The van der Waals surface area contributed by atoms with E-state index in [0.29, 0.717) is 19.6 Å². The molecule has 0 radical (unpaired) electrons. The molecule has 13 heavy (non-hydrogen) atoms. The molecule has 0 aromatic rings. The van der Waals surface area contributed by atoms with E-state index in [1.807, 2.05) is 27.7 Å². The Kier molecular flexibility index (Phi) is 2.78. The standard InChI is InChI=1S/C10H18O3/c1-9(2,3)8(11)7-10(4)12-5-6-13-10/h5-7H2,1-4H3. The average molecular weight is 186 g/mol. The summed E-state index contributed by atoms with van der Waals surface area (Å²) >= 11 is 0. The molecule has 0 saturated carbocycles. The molecule has 0 amide bonds. The van der Waals surface area contributed by atoms with Crippen molar-refractivity contribution in [2.45, 2.75) is 39.9 Å². The molecule has 3 nitrogen and oxygen atoms in total. The first-order valence-electron chi connectivity index (χ1n) is 4.65. The average Bonchev–Trinajstić information content (AvgIpc) is 2.33. The Hall–Kier alpha value is -0.410. The number of ether oxygens (including phenoxy) is 2. The lowest BCUT2D eigenvalue weighted by Gasteiger charge is -2.25. The smallest absolute Gasteiger partial charge is 0.172 e. The molecule has 1 aliphatic rings. The maximum atomic E-state index is 11.7. The Morgan fingerprint density at radius 1 is 1.31 bits per heavy atom. The van der Waals surface area contributed by atoms with Crippen molar-refractivity contribution in [3.63, 3.8) is 0 Å². The molecule has 1 fully saturated rings. The zero-order valence-corrected chi connectivity index (χ0v) is 8.85. The molecule has 0 N–H and O–H groups in total. The second kappa shape index (κ2) is 3.39. The fourth-order valence-corrected chi connectivity index (χ4v) is 1.22. The minimum absolute atomic E-state index is 0.178. The van der Waals surface area contributed by atoms with Crippen LogP contribution in [0.2, 0.25) is 0 Å². The van der Waals surface area contributed by atoms with Crippen LogP contribution in [0.4, 0.5) is 0 Å². The Morgan fingerprint density at radius 3 is 2.15 bits per heavy atom. The molecule has 0 unspecified atom stereocenters. The Morgan fingerprint density at radius 2 is 1.77 bits per heavy atom. The van der Waals surface area contributed by atoms with Gasteiger partial charge in [-0.05, 0) is 6.92 Å². The fourth-order valence-electron chi connectivity index (χ4n) is 1.22. The van der Waals surface area contributed by atoms with Gasteiger partial charge in [0.05, 0.1) is 19.6 Å². The van der Waals surface area contributed by atoms with Gasteiger partial charge in [-0.2, -0.15) is 0 Å². The van der Waals surface area contributed by atoms with Gasteiger partial charge in [-0.3, -0.25) is 4.79 Å². The van der Waals surface area contributed by atoms with Gasteiger partial charge in [0.15, 0.2) is 5.79 Å². The molecule has 0 aromatic carbocycles. The second-order valence-corrected chi connectivity index (χ2v) is 4.68. The van der Waals surface area contributed by atoms with Crippen LogP contribution in [0.25, 0.3) is 0 Å². The first-order chi connectivity index (χ1) is 5.83. The summed E-state index contributed by atoms with van der Waals surface area (Å²) in [5.74, 6) is -0.499. The van der Waals surface area contributed by atoms with E-state index in [4.69, 9.17) is 9.47 Å². The minimum atomic E-state index is -0.676. The van der Waals surface area contributed by atoms with Gasteiger partial charge < -0.3 is 9.47 Å². The zero-order valence-electron chi connectivity index (χ0n) is 8.85. The van der Waals surface area contributed by atoms with E-state index in [1.165, 1.54) is 0 Å². The Labute approximate surface area is 79.4 Å². The molecule has 1 aliphatic heterocycles. The first kappa shape index (κ1) is 10.7. The van der Waals surface area contributed by atoms with Gasteiger partial charge in [0.1, 0.15) is 5.78 Å². The lowest BCUT2D eigenvalue weighted by atomic mass is 9.87. The van der Waals surface area contributed by atoms with Crippen molar-refractivity contribution < 1.29 is 14.3 Å². The van der Waals surface area contributed by atoms with Gasteiger partial charge in [0.2, 0.25) is 0 Å². The summed E-state index contributed by atoms with van der Waals surface area (Å²) in [6.45, 7) is 8.74. The van der Waals surface area contributed by atoms with Crippen LogP contribution in [0.15, 0.2) is 0 Å². The van der Waals surface area contributed by atoms with Crippen molar-refractivity contribution in [2.24, 2.45) is 5.41 Å². The molecule has 0 aromatic heterocycles. The van der Waals surface area contributed by atoms with E-state index in [-0.39, 0.29) is 11.2 Å². The van der Waals surface area contributed by atoms with Crippen LogP contribution < -0.4 is 0 Å². The molecule has 76 valence electrons. The number of rotatable bonds is 2. The maximum Gasteiger partial charge on any atom is 0.172 e. The van der Waals surface area contributed by atoms with Gasteiger partial charge in [-0.1, -0.05) is 20.8 Å². The van der Waals surface area contributed by atoms with Crippen LogP contribution in [-0.4, -0.2) is 24.8 Å². The van der Waals surface area contributed by atoms with Crippen LogP contribution in [0.1, 0.15) is 34.1 Å². The van der Waals surface area contributed by atoms with Gasteiger partial charge in [0, 0.05) is 5.41 Å². The van der Waals surface area contributed by atoms with Crippen molar-refractivity contribution in [3.8, 4) is 0 Å². The fraction of sp³-hybridized carbons (Fsp3) is 0.900. The lowest BCUT2D eigenvalue weighted by Crippen LogP contribution is -2.34. The van der Waals surface area contributed by atoms with E-state index < -0.39 is 5.79 Å². The maximum absolute atomic E-state index is 11.7. The summed E-state index contributed by atoms with van der Waals surface area (Å²) in [5, 5.41) is 0. The summed E-state index contributed by atoms with van der Waals surface area (Å²) < 4.78 is 10.7. The highest BCUT2D eigenvalue weighted by atomic mass is 16.7. The van der Waals surface area contributed by atoms with E-state index in [1.54, 1.807) is 0 Å². The molecular weight excluding hydrogens is 168 g/mol. The predicted octanol–water partition coefficient (Wildman–Crippen LogP) is 1.75. The molecule has 1 heterocycles. The number of carbonyl (C=O) groups is 1. The molecule has 0 bridgehead atoms. The van der Waals surface area contributed by atoms with Crippen LogP contribution in [0, 0.1) is 5.41 Å². The molecule has 0 spiro atoms. The van der Waals surface area contributed by atoms with Crippen molar-refractivity contribution in [3.05, 3.63) is 0 Å². The van der Waals surface area contributed by atoms with Crippen LogP contribution in [0.3, 0.4) is 0 Å². The number of Topliss-reactive ketones (excluding diaryl/α,β-unsaturated/α-hetero) is 1. The molecule has 1 saturated heterocycles. The van der Waals surface area contributed by atoms with Gasteiger partial charge >= 0.3 is 0 Å². The van der Waals surface area contributed by atoms with E-state index >= 15 is 0 Å². The molecular formula is C10H18O3. The number of hydrogen-bond donors (Lipinski definition) is 0. The SMILES string of the molecule is CC1(CC(=O)C(C)(C)C)OCCO1. The molecule has 0 atom stereocenters. The summed E-state index contributed by atoms with van der Waals surface area (Å²) in [6.07, 6.45) is 0.344. The molecule has 0 aliphatic carbocycles. The van der Waals surface area contributed by atoms with Crippen LogP contribution in [0.5, 0.6) is 0 Å². The normalized spacial score (nSPS) is 21.8. The lowest BCUT2D eigenvalue weighted by molar-refractivity contribution is -0.162. The summed E-state index contributed by atoms with van der Waals surface area (Å²) in [5.41, 5.74) is -0.307. The third-order valence-corrected chi connectivity index (χ3v) is 2.22. The molecule has 1 rings (SSSR count). The second-order valence-electron chi connectivity index (χ2n) is 4.68. The third kappa shape index (κ3) is 2.78. The summed E-state index contributed by atoms with van der Waals surface area (Å²) in [7, 11) is 0. The minimum Gasteiger partial charge on any atom is -0.347 e. The first-order valence-corrected chi connectivity index (χ1v) is 4.65. The van der Waals surface area contributed by atoms with Crippen LogP contribution >= 0.6 is 0 Å². The highest BCUT2D eigenvalue weighted by Gasteiger charge is 2.36. The van der Waals surface area contributed by atoms with E-state index in [2.05, 4.69) is 0 Å². The van der Waals surface area contributed by atoms with E-state index in [9.17, 15) is 4.79 Å². The topological polar surface area (TPSA) is 35.5 Å². The number of carbonyl (C=O) groups excluding carboxylic acids is 1. The van der Waals surface area contributed by atoms with Gasteiger partial charge in [-0.15, -0.1) is 0 Å². The Bertz CT molecular complexity index is 197. The molecule has 3 heteroatoms. The van der Waals surface area contributed by atoms with Crippen molar-refractivity contribution in [1.29, 1.82) is 0 Å². The largest absolute Gasteiger partial charge is 0.347 e. The van der Waals surface area contributed by atoms with Gasteiger partial charge in [-0.25, -0.2) is 0 Å². The number of hydrogen-bond acceptors (Lipinski definition) is 3. The summed E-state index contributed by atoms with van der Waals surface area (Å²) in [6, 6.07) is 0. The highest BCUT2D eigenvalue weighted by Crippen LogP contribution is 2.27. The van der Waals surface area contributed by atoms with Crippen molar-refractivity contribution in [2.75, 3.05) is 13.2 Å². The number of ketones is 1. The third-order valence-electron chi connectivity index (χ3n) is 2.22. The summed E-state index contributed by atoms with van der Waals surface area (Å²) in [4.78, 5) is 11.7. The quantitative estimate of drug-likeness (QED) is 0.659. The van der Waals surface area contributed by atoms with Gasteiger partial charge in [0.25, 0.3) is 0 Å².